The van der Waals surface area contributed by atoms with Crippen LogP contribution in [-0.2, 0) is 16.6 Å². The molecule has 1 N–H and O–H groups in total. The third-order valence-electron chi connectivity index (χ3n) is 3.31. The number of amides is 1. The van der Waals surface area contributed by atoms with Crippen LogP contribution in [0.15, 0.2) is 41.0 Å². The maximum Gasteiger partial charge on any atom is 0.251 e. The van der Waals surface area contributed by atoms with Crippen molar-refractivity contribution in [1.82, 2.24) is 5.32 Å². The largest absolute Gasteiger partial charge is 0.467 e. The van der Waals surface area contributed by atoms with Gasteiger partial charge >= 0.3 is 0 Å². The Morgan fingerprint density at radius 1 is 1.32 bits per heavy atom. The van der Waals surface area contributed by atoms with Crippen LogP contribution in [0.1, 0.15) is 21.7 Å². The van der Waals surface area contributed by atoms with Crippen LogP contribution in [0.25, 0.3) is 0 Å². The number of nitrogens with zero attached hydrogens (tertiary/aromatic N) is 1. The summed E-state index contributed by atoms with van der Waals surface area (Å²) in [6, 6.07) is 8.45. The third-order valence-corrected chi connectivity index (χ3v) is 4.50. The van der Waals surface area contributed by atoms with E-state index < -0.39 is 10.0 Å². The van der Waals surface area contributed by atoms with Crippen LogP contribution in [0.5, 0.6) is 0 Å². The van der Waals surface area contributed by atoms with E-state index in [0.717, 1.165) is 16.1 Å². The van der Waals surface area contributed by atoms with Gasteiger partial charge in [-0.3, -0.25) is 9.10 Å². The average Bonchev–Trinajstić information content (AvgIpc) is 2.97. The van der Waals surface area contributed by atoms with E-state index in [1.54, 1.807) is 37.3 Å². The van der Waals surface area contributed by atoms with Gasteiger partial charge in [0.25, 0.3) is 5.91 Å². The molecule has 0 atom stereocenters. The molecule has 0 saturated heterocycles. The molecule has 1 aromatic carbocycles. The minimum Gasteiger partial charge on any atom is -0.467 e. The Labute approximate surface area is 129 Å². The Morgan fingerprint density at radius 2 is 2.05 bits per heavy atom. The van der Waals surface area contributed by atoms with E-state index in [4.69, 9.17) is 4.42 Å². The zero-order valence-electron chi connectivity index (χ0n) is 12.7. The quantitative estimate of drug-likeness (QED) is 0.912. The van der Waals surface area contributed by atoms with Gasteiger partial charge < -0.3 is 9.73 Å². The van der Waals surface area contributed by atoms with Crippen molar-refractivity contribution < 1.29 is 17.6 Å². The van der Waals surface area contributed by atoms with E-state index in [-0.39, 0.29) is 12.5 Å². The van der Waals surface area contributed by atoms with Crippen LogP contribution in [0.3, 0.4) is 0 Å². The SMILES string of the molecule is Cc1ccc(C(=O)NCc2ccco2)cc1N(C)S(C)(=O)=O. The van der Waals surface area contributed by atoms with Crippen molar-refractivity contribution in [3.63, 3.8) is 0 Å². The van der Waals surface area contributed by atoms with Crippen LogP contribution in [0, 0.1) is 6.92 Å². The van der Waals surface area contributed by atoms with Crippen molar-refractivity contribution in [3.05, 3.63) is 53.5 Å². The maximum absolute atomic E-state index is 12.2. The van der Waals surface area contributed by atoms with Crippen molar-refractivity contribution in [1.29, 1.82) is 0 Å². The molecular formula is C15H18N2O4S. The number of hydrogen-bond donors (Lipinski definition) is 1. The second-order valence-electron chi connectivity index (χ2n) is 4.99. The van der Waals surface area contributed by atoms with Crippen molar-refractivity contribution in [2.24, 2.45) is 0 Å². The Morgan fingerprint density at radius 3 is 2.64 bits per heavy atom. The van der Waals surface area contributed by atoms with E-state index in [1.165, 1.54) is 13.3 Å². The van der Waals surface area contributed by atoms with E-state index in [1.807, 2.05) is 0 Å². The summed E-state index contributed by atoms with van der Waals surface area (Å²) in [7, 11) is -1.92. The van der Waals surface area contributed by atoms with Crippen LogP contribution in [0.2, 0.25) is 0 Å². The number of furan rings is 1. The topological polar surface area (TPSA) is 79.6 Å². The molecule has 6 nitrogen and oxygen atoms in total. The highest BCUT2D eigenvalue weighted by atomic mass is 32.2. The normalized spacial score (nSPS) is 11.2. The highest BCUT2D eigenvalue weighted by Crippen LogP contribution is 2.22. The van der Waals surface area contributed by atoms with E-state index in [0.29, 0.717) is 17.0 Å². The summed E-state index contributed by atoms with van der Waals surface area (Å²) >= 11 is 0. The molecule has 0 fully saturated rings. The smallest absolute Gasteiger partial charge is 0.251 e. The fraction of sp³-hybridized carbons (Fsp3) is 0.267. The summed E-state index contributed by atoms with van der Waals surface area (Å²) in [6.07, 6.45) is 2.66. The number of rotatable bonds is 5. The molecule has 2 aromatic rings. The predicted molar refractivity (Wildman–Crippen MR) is 84.3 cm³/mol. The van der Waals surface area contributed by atoms with Crippen molar-refractivity contribution in [2.45, 2.75) is 13.5 Å². The predicted octanol–water partition coefficient (Wildman–Crippen LogP) is 1.91. The van der Waals surface area contributed by atoms with Gasteiger partial charge in [0.1, 0.15) is 5.76 Å². The molecule has 1 heterocycles. The Bertz CT molecular complexity index is 767. The Kier molecular flexibility index (Phi) is 4.56. The number of sulfonamides is 1. The second kappa shape index (κ2) is 6.23. The van der Waals surface area contributed by atoms with Gasteiger partial charge in [-0.2, -0.15) is 0 Å². The number of nitrogens with one attached hydrogen (secondary N) is 1. The number of aryl methyl sites for hydroxylation is 1. The van der Waals surface area contributed by atoms with Gasteiger partial charge in [0, 0.05) is 12.6 Å². The second-order valence-corrected chi connectivity index (χ2v) is 7.01. The lowest BCUT2D eigenvalue weighted by Gasteiger charge is -2.19. The Hall–Kier alpha value is -2.28. The lowest BCUT2D eigenvalue weighted by Crippen LogP contribution is -2.27. The van der Waals surface area contributed by atoms with Gasteiger partial charge in [0.15, 0.2) is 0 Å². The number of hydrogen-bond acceptors (Lipinski definition) is 4. The third kappa shape index (κ3) is 3.67. The molecule has 2 rings (SSSR count). The average molecular weight is 322 g/mol. The summed E-state index contributed by atoms with van der Waals surface area (Å²) in [6.45, 7) is 2.07. The summed E-state index contributed by atoms with van der Waals surface area (Å²) in [5.41, 5.74) is 1.64. The fourth-order valence-corrected chi connectivity index (χ4v) is 2.51. The minimum absolute atomic E-state index is 0.275. The van der Waals surface area contributed by atoms with Crippen LogP contribution < -0.4 is 9.62 Å². The lowest BCUT2D eigenvalue weighted by molar-refractivity contribution is 0.0948. The van der Waals surface area contributed by atoms with Gasteiger partial charge in [-0.25, -0.2) is 8.42 Å². The molecule has 1 aromatic heterocycles. The maximum atomic E-state index is 12.2. The first kappa shape index (κ1) is 16.1. The zero-order chi connectivity index (χ0) is 16.3. The van der Waals surface area contributed by atoms with Gasteiger partial charge in [-0.15, -0.1) is 0 Å². The standard InChI is InChI=1S/C15H18N2O4S/c1-11-6-7-12(9-14(11)17(2)22(3,19)20)15(18)16-10-13-5-4-8-21-13/h4-9H,10H2,1-3H3,(H,16,18). The van der Waals surface area contributed by atoms with E-state index in [2.05, 4.69) is 5.32 Å². The molecule has 0 unspecified atom stereocenters. The molecule has 0 saturated carbocycles. The molecule has 0 spiro atoms. The number of carbonyl (C=O) groups is 1. The highest BCUT2D eigenvalue weighted by Gasteiger charge is 2.16. The monoisotopic (exact) mass is 322 g/mol. The van der Waals surface area contributed by atoms with E-state index in [9.17, 15) is 13.2 Å². The molecule has 1 amide bonds. The molecule has 0 aliphatic carbocycles. The summed E-state index contributed by atoms with van der Waals surface area (Å²) in [5, 5.41) is 2.73. The van der Waals surface area contributed by atoms with Crippen molar-refractivity contribution in [3.8, 4) is 0 Å². The van der Waals surface area contributed by atoms with Gasteiger partial charge in [-0.05, 0) is 36.8 Å². The van der Waals surface area contributed by atoms with Gasteiger partial charge in [0.2, 0.25) is 10.0 Å². The Balaban J connectivity index is 2.20. The van der Waals surface area contributed by atoms with Crippen LogP contribution in [-0.4, -0.2) is 27.6 Å². The number of carbonyl (C=O) groups excluding carboxylic acids is 1. The molecule has 0 bridgehead atoms. The van der Waals surface area contributed by atoms with E-state index >= 15 is 0 Å². The van der Waals surface area contributed by atoms with Crippen LogP contribution in [0.4, 0.5) is 5.69 Å². The first-order chi connectivity index (χ1) is 10.3. The molecule has 0 aliphatic heterocycles. The first-order valence-corrected chi connectivity index (χ1v) is 8.49. The van der Waals surface area contributed by atoms with Crippen molar-refractivity contribution >= 4 is 21.6 Å². The molecule has 0 aliphatic rings. The molecule has 0 radical (unpaired) electrons. The van der Waals surface area contributed by atoms with Crippen molar-refractivity contribution in [2.75, 3.05) is 17.6 Å². The summed E-state index contributed by atoms with van der Waals surface area (Å²) < 4.78 is 29.6. The fourth-order valence-electron chi connectivity index (χ4n) is 1.95. The molecule has 7 heteroatoms. The minimum atomic E-state index is -3.38. The molecule has 118 valence electrons. The highest BCUT2D eigenvalue weighted by molar-refractivity contribution is 7.92. The molecule has 22 heavy (non-hydrogen) atoms. The van der Waals surface area contributed by atoms with Gasteiger partial charge in [0.05, 0.1) is 24.8 Å². The first-order valence-electron chi connectivity index (χ1n) is 6.64. The molecular weight excluding hydrogens is 304 g/mol. The van der Waals surface area contributed by atoms with Crippen LogP contribution >= 0.6 is 0 Å². The zero-order valence-corrected chi connectivity index (χ0v) is 13.5. The number of benzene rings is 1. The summed E-state index contributed by atoms with van der Waals surface area (Å²) in [5.74, 6) is 0.355. The number of anilines is 1. The summed E-state index contributed by atoms with van der Waals surface area (Å²) in [4.78, 5) is 12.2. The lowest BCUT2D eigenvalue weighted by atomic mass is 10.1. The van der Waals surface area contributed by atoms with Gasteiger partial charge in [-0.1, -0.05) is 6.07 Å².